The molecular weight excluding hydrogens is 538 g/mol. The molecule has 11 nitrogen and oxygen atoms in total. The van der Waals surface area contributed by atoms with E-state index in [1.165, 1.54) is 12.1 Å². The van der Waals surface area contributed by atoms with E-state index in [0.717, 1.165) is 5.56 Å². The summed E-state index contributed by atoms with van der Waals surface area (Å²) >= 11 is 0. The third kappa shape index (κ3) is 8.54. The van der Waals surface area contributed by atoms with Crippen molar-refractivity contribution in [3.63, 3.8) is 0 Å². The van der Waals surface area contributed by atoms with Crippen molar-refractivity contribution < 1.29 is 28.7 Å². The van der Waals surface area contributed by atoms with Crippen LogP contribution in [0.25, 0.3) is 0 Å². The van der Waals surface area contributed by atoms with Gasteiger partial charge in [-0.1, -0.05) is 52.8 Å². The second kappa shape index (κ2) is 15.2. The molecule has 0 saturated carbocycles. The monoisotopic (exact) mass is 585 g/mol. The third-order valence-electron chi connectivity index (χ3n) is 7.78. The molecular formula is C31H47N5O6. The first-order valence-corrected chi connectivity index (χ1v) is 14.8. The van der Waals surface area contributed by atoms with E-state index in [-0.39, 0.29) is 42.2 Å². The van der Waals surface area contributed by atoms with Gasteiger partial charge in [-0.15, -0.1) is 0 Å². The fourth-order valence-electron chi connectivity index (χ4n) is 5.17. The zero-order chi connectivity index (χ0) is 31.0. The summed E-state index contributed by atoms with van der Waals surface area (Å²) < 4.78 is 11.5. The van der Waals surface area contributed by atoms with Crippen LogP contribution in [-0.4, -0.2) is 73.1 Å². The van der Waals surface area contributed by atoms with Crippen LogP contribution in [0.3, 0.4) is 0 Å². The Morgan fingerprint density at radius 3 is 2.29 bits per heavy atom. The van der Waals surface area contributed by atoms with Gasteiger partial charge >= 0.3 is 0 Å². The normalized spacial score (nSPS) is 29.5. The lowest BCUT2D eigenvalue weighted by molar-refractivity contribution is -0.143. The van der Waals surface area contributed by atoms with Gasteiger partial charge in [0.05, 0.1) is 18.1 Å². The Morgan fingerprint density at radius 1 is 0.929 bits per heavy atom. The molecule has 2 heterocycles. The van der Waals surface area contributed by atoms with Crippen molar-refractivity contribution in [2.45, 2.75) is 84.7 Å². The Labute approximate surface area is 249 Å². The number of rotatable bonds is 3. The summed E-state index contributed by atoms with van der Waals surface area (Å²) in [5.41, 5.74) is 3.97. The van der Waals surface area contributed by atoms with Crippen LogP contribution in [-0.2, 0) is 23.9 Å². The van der Waals surface area contributed by atoms with E-state index in [1.54, 1.807) is 26.0 Å². The average Bonchev–Trinajstić information content (AvgIpc) is 2.97. The van der Waals surface area contributed by atoms with E-state index in [2.05, 4.69) is 21.4 Å². The number of hydrogen-bond acceptors (Lipinski definition) is 7. The molecule has 2 aliphatic heterocycles. The summed E-state index contributed by atoms with van der Waals surface area (Å²) in [4.78, 5) is 53.1. The average molecular weight is 586 g/mol. The van der Waals surface area contributed by atoms with Crippen LogP contribution in [0, 0.1) is 17.8 Å². The molecule has 1 unspecified atom stereocenters. The largest absolute Gasteiger partial charge is 0.490 e. The van der Waals surface area contributed by atoms with Crippen molar-refractivity contribution in [1.82, 2.24) is 26.4 Å². The molecule has 0 spiro atoms. The van der Waals surface area contributed by atoms with Gasteiger partial charge in [-0.05, 0) is 55.4 Å². The molecule has 0 radical (unpaired) electrons. The Kier molecular flexibility index (Phi) is 11.9. The molecule has 1 aromatic rings. The van der Waals surface area contributed by atoms with Gasteiger partial charge < -0.3 is 25.4 Å². The second-order valence-corrected chi connectivity index (χ2v) is 11.8. The fourth-order valence-corrected chi connectivity index (χ4v) is 5.17. The zero-order valence-corrected chi connectivity index (χ0v) is 25.8. The molecule has 0 aliphatic carbocycles. The standard InChI is InChI=1S/C31H47N5O6/c1-18(2)26-22-11-8-12-23(17-22)42-16-10-14-25(41-7)20(5)28(37)34-27(19(3)4)30(39)32-21(6)31(40)36-15-9-13-24(35-36)29(38)33-26/h8,10-12,14,17-21,24-27,35H,9,13,15-16H2,1-7H3,(H,32,39)(H,33,38)(H,34,37)/b14-10+/t20-,21+,24+,25-,26-,27?/m1/s1. The SMILES string of the molecule is CO[C@@H]1/C=C/COc2cccc(c2)[C@@H](C(C)C)NC(=O)[C@@H]2CCCN(N2)C(=O)[C@H](C)NC(=O)C(C(C)C)NC(=O)[C@@H]1C. The minimum Gasteiger partial charge on any atom is -0.490 e. The maximum absolute atomic E-state index is 13.4. The number of amides is 4. The molecule has 2 aliphatic rings. The van der Waals surface area contributed by atoms with Gasteiger partial charge in [-0.3, -0.25) is 24.2 Å². The highest BCUT2D eigenvalue weighted by Gasteiger charge is 2.34. The number of hydrogen-bond donors (Lipinski definition) is 4. The van der Waals surface area contributed by atoms with E-state index in [9.17, 15) is 19.2 Å². The number of methoxy groups -OCH3 is 1. The van der Waals surface area contributed by atoms with E-state index in [0.29, 0.717) is 25.1 Å². The fraction of sp³-hybridized carbons (Fsp3) is 0.613. The third-order valence-corrected chi connectivity index (χ3v) is 7.78. The quantitative estimate of drug-likeness (QED) is 0.399. The van der Waals surface area contributed by atoms with Crippen molar-refractivity contribution in [1.29, 1.82) is 0 Å². The highest BCUT2D eigenvalue weighted by Crippen LogP contribution is 2.26. The number of carbonyl (C=O) groups is 4. The van der Waals surface area contributed by atoms with Crippen LogP contribution >= 0.6 is 0 Å². The summed E-state index contributed by atoms with van der Waals surface area (Å²) in [5.74, 6) is -1.46. The van der Waals surface area contributed by atoms with Crippen LogP contribution in [0.1, 0.15) is 66.0 Å². The molecule has 1 saturated heterocycles. The van der Waals surface area contributed by atoms with Gasteiger partial charge in [0.2, 0.25) is 17.7 Å². The summed E-state index contributed by atoms with van der Waals surface area (Å²) in [6, 6.07) is 4.99. The lowest BCUT2D eigenvalue weighted by atomic mass is 9.95. The summed E-state index contributed by atoms with van der Waals surface area (Å²) in [7, 11) is 1.52. The van der Waals surface area contributed by atoms with Crippen molar-refractivity contribution in [3.05, 3.63) is 42.0 Å². The van der Waals surface area contributed by atoms with E-state index >= 15 is 0 Å². The van der Waals surface area contributed by atoms with Crippen LogP contribution in [0.4, 0.5) is 0 Å². The highest BCUT2D eigenvalue weighted by molar-refractivity contribution is 5.92. The maximum Gasteiger partial charge on any atom is 0.258 e. The predicted octanol–water partition coefficient (Wildman–Crippen LogP) is 2.24. The second-order valence-electron chi connectivity index (χ2n) is 11.8. The first kappa shape index (κ1) is 33.1. The first-order chi connectivity index (χ1) is 19.9. The van der Waals surface area contributed by atoms with Crippen molar-refractivity contribution >= 4 is 23.6 Å². The van der Waals surface area contributed by atoms with Crippen molar-refractivity contribution in [3.8, 4) is 5.75 Å². The molecule has 4 N–H and O–H groups in total. The number of benzene rings is 1. The van der Waals surface area contributed by atoms with E-state index in [4.69, 9.17) is 9.47 Å². The Balaban J connectivity index is 1.92. The Morgan fingerprint density at radius 2 is 1.62 bits per heavy atom. The van der Waals surface area contributed by atoms with Gasteiger partial charge in [-0.25, -0.2) is 5.43 Å². The lowest BCUT2D eigenvalue weighted by Crippen LogP contribution is -2.62. The topological polar surface area (TPSA) is 138 Å². The Bertz CT molecular complexity index is 1140. The van der Waals surface area contributed by atoms with Crippen LogP contribution in [0.2, 0.25) is 0 Å². The molecule has 4 bridgehead atoms. The van der Waals surface area contributed by atoms with Crippen LogP contribution in [0.15, 0.2) is 36.4 Å². The number of hydrazine groups is 1. The summed E-state index contributed by atoms with van der Waals surface area (Å²) in [6.07, 6.45) is 4.21. The van der Waals surface area contributed by atoms with Gasteiger partial charge in [0.25, 0.3) is 5.91 Å². The molecule has 11 heteroatoms. The first-order valence-electron chi connectivity index (χ1n) is 14.8. The number of nitrogens with zero attached hydrogens (tertiary/aromatic N) is 1. The van der Waals surface area contributed by atoms with Gasteiger partial charge in [-0.2, -0.15) is 0 Å². The molecule has 4 amide bonds. The van der Waals surface area contributed by atoms with Crippen molar-refractivity contribution in [2.75, 3.05) is 20.3 Å². The van der Waals surface area contributed by atoms with Crippen molar-refractivity contribution in [2.24, 2.45) is 17.8 Å². The lowest BCUT2D eigenvalue weighted by Gasteiger charge is -2.36. The smallest absolute Gasteiger partial charge is 0.258 e. The van der Waals surface area contributed by atoms with Gasteiger partial charge in [0.1, 0.15) is 30.5 Å². The number of nitrogens with one attached hydrogen (secondary N) is 4. The molecule has 232 valence electrons. The number of ether oxygens (including phenoxy) is 2. The minimum atomic E-state index is -0.874. The Hall–Kier alpha value is -3.44. The number of fused-ring (bicyclic) bond motifs is 4. The van der Waals surface area contributed by atoms with E-state index in [1.807, 2.05) is 52.0 Å². The van der Waals surface area contributed by atoms with E-state index < -0.39 is 36.1 Å². The van der Waals surface area contributed by atoms with Gasteiger partial charge in [0, 0.05) is 13.7 Å². The summed E-state index contributed by atoms with van der Waals surface area (Å²) in [5, 5.41) is 10.1. The van der Waals surface area contributed by atoms with Crippen LogP contribution < -0.4 is 26.1 Å². The molecule has 3 rings (SSSR count). The van der Waals surface area contributed by atoms with Crippen LogP contribution in [0.5, 0.6) is 5.75 Å². The maximum atomic E-state index is 13.4. The zero-order valence-electron chi connectivity index (χ0n) is 25.8. The minimum absolute atomic E-state index is 0.0928. The highest BCUT2D eigenvalue weighted by atomic mass is 16.5. The summed E-state index contributed by atoms with van der Waals surface area (Å²) in [6.45, 7) is 11.7. The molecule has 6 atom stereocenters. The molecule has 42 heavy (non-hydrogen) atoms. The molecule has 1 aromatic carbocycles. The molecule has 1 fully saturated rings. The predicted molar refractivity (Wildman–Crippen MR) is 159 cm³/mol. The van der Waals surface area contributed by atoms with Gasteiger partial charge in [0.15, 0.2) is 0 Å². The number of carbonyl (C=O) groups excluding carboxylic acids is 4. The molecule has 0 aromatic heterocycles.